The monoisotopic (exact) mass is 445 g/mol. The Kier molecular flexibility index (Phi) is 6.15. The molecule has 1 N–H and O–H groups in total. The standard InChI is InChI=1S/C25H27N5O3/c31-22(13-17-7-6-10-26-16-17)27-21-15-19(25(32)30-11-4-5-12-30)14-20(21)24-28-23(29-33-24)18-8-2-1-3-9-18/h1-3,6-10,16,19-21H,4-5,11-15H2,(H,27,31)/t19-,20-,21+/m1/s1. The van der Waals surface area contributed by atoms with Gasteiger partial charge in [0.2, 0.25) is 23.5 Å². The molecule has 2 aromatic heterocycles. The van der Waals surface area contributed by atoms with Gasteiger partial charge < -0.3 is 14.7 Å². The van der Waals surface area contributed by atoms with Gasteiger partial charge in [0.15, 0.2) is 0 Å². The van der Waals surface area contributed by atoms with Gasteiger partial charge in [0.05, 0.1) is 12.3 Å². The lowest BCUT2D eigenvalue weighted by molar-refractivity contribution is -0.134. The van der Waals surface area contributed by atoms with Gasteiger partial charge in [0.1, 0.15) is 0 Å². The summed E-state index contributed by atoms with van der Waals surface area (Å²) in [5, 5.41) is 7.29. The third-order valence-corrected chi connectivity index (χ3v) is 6.55. The first kappa shape index (κ1) is 21.3. The van der Waals surface area contributed by atoms with E-state index in [9.17, 15) is 9.59 Å². The van der Waals surface area contributed by atoms with E-state index in [1.165, 1.54) is 0 Å². The van der Waals surface area contributed by atoms with Crippen molar-refractivity contribution >= 4 is 11.8 Å². The lowest BCUT2D eigenvalue weighted by Crippen LogP contribution is -2.38. The maximum atomic E-state index is 13.1. The van der Waals surface area contributed by atoms with Crippen molar-refractivity contribution in [2.45, 2.75) is 44.1 Å². The second kappa shape index (κ2) is 9.52. The second-order valence-electron chi connectivity index (χ2n) is 8.84. The Labute approximate surface area is 192 Å². The van der Waals surface area contributed by atoms with E-state index >= 15 is 0 Å². The highest BCUT2D eigenvalue weighted by molar-refractivity contribution is 5.81. The van der Waals surface area contributed by atoms with E-state index in [2.05, 4.69) is 20.4 Å². The number of rotatable bonds is 6. The quantitative estimate of drug-likeness (QED) is 0.626. The molecule has 1 saturated heterocycles. The Morgan fingerprint density at radius 2 is 1.88 bits per heavy atom. The van der Waals surface area contributed by atoms with E-state index in [1.807, 2.05) is 47.4 Å². The maximum Gasteiger partial charge on any atom is 0.232 e. The number of hydrogen-bond donors (Lipinski definition) is 1. The number of hydrogen-bond acceptors (Lipinski definition) is 6. The lowest BCUT2D eigenvalue weighted by Gasteiger charge is -2.20. The highest BCUT2D eigenvalue weighted by atomic mass is 16.5. The molecule has 3 heterocycles. The molecule has 2 fully saturated rings. The molecule has 3 atom stereocenters. The molecule has 2 amide bonds. The molecule has 170 valence electrons. The summed E-state index contributed by atoms with van der Waals surface area (Å²) in [7, 11) is 0. The zero-order chi connectivity index (χ0) is 22.6. The van der Waals surface area contributed by atoms with Crippen LogP contribution in [0.4, 0.5) is 0 Å². The van der Waals surface area contributed by atoms with Crippen molar-refractivity contribution in [2.75, 3.05) is 13.1 Å². The van der Waals surface area contributed by atoms with Crippen LogP contribution in [0.1, 0.15) is 43.1 Å². The molecule has 1 aromatic carbocycles. The van der Waals surface area contributed by atoms with Crippen LogP contribution in [0.5, 0.6) is 0 Å². The highest BCUT2D eigenvalue weighted by Crippen LogP contribution is 2.40. The van der Waals surface area contributed by atoms with E-state index in [0.29, 0.717) is 24.6 Å². The van der Waals surface area contributed by atoms with Gasteiger partial charge in [-0.05, 0) is 37.3 Å². The summed E-state index contributed by atoms with van der Waals surface area (Å²) >= 11 is 0. The molecule has 1 aliphatic carbocycles. The van der Waals surface area contributed by atoms with Gasteiger partial charge in [-0.2, -0.15) is 4.98 Å². The summed E-state index contributed by atoms with van der Waals surface area (Å²) in [4.78, 5) is 36.6. The Balaban J connectivity index is 1.35. The molecule has 0 radical (unpaired) electrons. The molecule has 1 aliphatic heterocycles. The summed E-state index contributed by atoms with van der Waals surface area (Å²) < 4.78 is 5.64. The van der Waals surface area contributed by atoms with E-state index in [0.717, 1.165) is 37.1 Å². The van der Waals surface area contributed by atoms with E-state index in [1.54, 1.807) is 12.4 Å². The Bertz CT molecular complexity index is 1100. The SMILES string of the molecule is O=C(Cc1cccnc1)N[C@H]1C[C@H](C(=O)N2CCCC2)C[C@H]1c1nc(-c2ccccc2)no1. The van der Waals surface area contributed by atoms with Crippen molar-refractivity contribution < 1.29 is 14.1 Å². The molecule has 0 bridgehead atoms. The van der Waals surface area contributed by atoms with Crippen LogP contribution in [-0.2, 0) is 16.0 Å². The number of amides is 2. The molecule has 8 heteroatoms. The predicted molar refractivity (Wildman–Crippen MR) is 121 cm³/mol. The predicted octanol–water partition coefficient (Wildman–Crippen LogP) is 2.98. The van der Waals surface area contributed by atoms with Crippen molar-refractivity contribution in [3.8, 4) is 11.4 Å². The van der Waals surface area contributed by atoms with Crippen molar-refractivity contribution in [3.05, 3.63) is 66.3 Å². The van der Waals surface area contributed by atoms with Gasteiger partial charge in [0.25, 0.3) is 0 Å². The molecule has 2 aliphatic rings. The summed E-state index contributed by atoms with van der Waals surface area (Å²) in [6, 6.07) is 13.1. The van der Waals surface area contributed by atoms with E-state index in [-0.39, 0.29) is 36.1 Å². The van der Waals surface area contributed by atoms with Gasteiger partial charge in [0, 0.05) is 43.0 Å². The molecule has 8 nitrogen and oxygen atoms in total. The van der Waals surface area contributed by atoms with Crippen LogP contribution < -0.4 is 5.32 Å². The van der Waals surface area contributed by atoms with Gasteiger partial charge in [-0.25, -0.2) is 0 Å². The third-order valence-electron chi connectivity index (χ3n) is 6.55. The maximum absolute atomic E-state index is 13.1. The van der Waals surface area contributed by atoms with Crippen LogP contribution in [-0.4, -0.2) is 51.0 Å². The van der Waals surface area contributed by atoms with Crippen LogP contribution >= 0.6 is 0 Å². The number of nitrogens with zero attached hydrogens (tertiary/aromatic N) is 4. The number of aromatic nitrogens is 3. The van der Waals surface area contributed by atoms with Crippen LogP contribution in [0.15, 0.2) is 59.4 Å². The van der Waals surface area contributed by atoms with Gasteiger partial charge in [-0.1, -0.05) is 41.6 Å². The van der Waals surface area contributed by atoms with Crippen molar-refractivity contribution in [1.82, 2.24) is 25.3 Å². The molecule has 5 rings (SSSR count). The summed E-state index contributed by atoms with van der Waals surface area (Å²) in [6.45, 7) is 1.63. The molecular formula is C25H27N5O3. The molecule has 0 unspecified atom stereocenters. The summed E-state index contributed by atoms with van der Waals surface area (Å²) in [5.74, 6) is 0.685. The zero-order valence-corrected chi connectivity index (χ0v) is 18.4. The average molecular weight is 446 g/mol. The zero-order valence-electron chi connectivity index (χ0n) is 18.4. The first-order chi connectivity index (χ1) is 16.2. The van der Waals surface area contributed by atoms with Crippen molar-refractivity contribution in [2.24, 2.45) is 5.92 Å². The summed E-state index contributed by atoms with van der Waals surface area (Å²) in [5.41, 5.74) is 1.71. The lowest BCUT2D eigenvalue weighted by atomic mass is 10.0. The number of carbonyl (C=O) groups is 2. The van der Waals surface area contributed by atoms with Gasteiger partial charge in [-0.3, -0.25) is 14.6 Å². The van der Waals surface area contributed by atoms with Crippen LogP contribution in [0, 0.1) is 5.92 Å². The van der Waals surface area contributed by atoms with Gasteiger partial charge >= 0.3 is 0 Å². The van der Waals surface area contributed by atoms with Gasteiger partial charge in [-0.15, -0.1) is 0 Å². The Morgan fingerprint density at radius 3 is 2.64 bits per heavy atom. The minimum atomic E-state index is -0.241. The largest absolute Gasteiger partial charge is 0.352 e. The fourth-order valence-electron chi connectivity index (χ4n) is 4.90. The second-order valence-corrected chi connectivity index (χ2v) is 8.84. The normalized spacial score (nSPS) is 22.4. The van der Waals surface area contributed by atoms with Crippen LogP contribution in [0.25, 0.3) is 11.4 Å². The Hall–Kier alpha value is -3.55. The van der Waals surface area contributed by atoms with Crippen LogP contribution in [0.3, 0.4) is 0 Å². The van der Waals surface area contributed by atoms with E-state index in [4.69, 9.17) is 4.52 Å². The van der Waals surface area contributed by atoms with E-state index < -0.39 is 0 Å². The Morgan fingerprint density at radius 1 is 1.06 bits per heavy atom. The minimum absolute atomic E-state index is 0.102. The fraction of sp³-hybridized carbons (Fsp3) is 0.400. The first-order valence-electron chi connectivity index (χ1n) is 11.5. The number of nitrogens with one attached hydrogen (secondary N) is 1. The number of benzene rings is 1. The highest BCUT2D eigenvalue weighted by Gasteiger charge is 2.43. The van der Waals surface area contributed by atoms with Crippen molar-refractivity contribution in [1.29, 1.82) is 0 Å². The first-order valence-corrected chi connectivity index (χ1v) is 11.5. The number of carbonyl (C=O) groups excluding carboxylic acids is 2. The minimum Gasteiger partial charge on any atom is -0.352 e. The molecule has 0 spiro atoms. The molecular weight excluding hydrogens is 418 g/mol. The molecule has 1 saturated carbocycles. The van der Waals surface area contributed by atoms with Crippen LogP contribution in [0.2, 0.25) is 0 Å². The molecule has 33 heavy (non-hydrogen) atoms. The topological polar surface area (TPSA) is 101 Å². The third kappa shape index (κ3) is 4.79. The number of pyridine rings is 1. The summed E-state index contributed by atoms with van der Waals surface area (Å²) in [6.07, 6.45) is 6.87. The smallest absolute Gasteiger partial charge is 0.232 e. The van der Waals surface area contributed by atoms with Crippen molar-refractivity contribution in [3.63, 3.8) is 0 Å². The fourth-order valence-corrected chi connectivity index (χ4v) is 4.90. The number of likely N-dealkylation sites (tertiary alicyclic amines) is 1. The molecule has 3 aromatic rings. The average Bonchev–Trinajstić information content (AvgIpc) is 3.60.